The monoisotopic (exact) mass is 202 g/mol. The molecule has 1 saturated carbocycles. The molecule has 4 heteroatoms. The van der Waals surface area contributed by atoms with Gasteiger partial charge in [0.2, 0.25) is 0 Å². The third-order valence-electron chi connectivity index (χ3n) is 3.23. The number of esters is 1. The number of hydrogen-bond donors (Lipinski definition) is 2. The summed E-state index contributed by atoms with van der Waals surface area (Å²) in [5.74, 6) is -0.281. The number of carbonyl (C=O) groups is 1. The Morgan fingerprint density at radius 3 is 2.29 bits per heavy atom. The summed E-state index contributed by atoms with van der Waals surface area (Å²) in [4.78, 5) is 11.4. The van der Waals surface area contributed by atoms with Gasteiger partial charge in [-0.2, -0.15) is 0 Å². The summed E-state index contributed by atoms with van der Waals surface area (Å²) in [6, 6.07) is 0. The Labute approximate surface area is 83.9 Å². The minimum Gasteiger partial charge on any atom is -0.469 e. The molecule has 4 nitrogen and oxygen atoms in total. The lowest BCUT2D eigenvalue weighted by molar-refractivity contribution is -0.157. The molecule has 14 heavy (non-hydrogen) atoms. The maximum Gasteiger partial charge on any atom is 0.311 e. The second kappa shape index (κ2) is 4.28. The van der Waals surface area contributed by atoms with Crippen LogP contribution < -0.4 is 0 Å². The van der Waals surface area contributed by atoms with Crippen LogP contribution in [0.1, 0.15) is 32.6 Å². The molecule has 0 aliphatic heterocycles. The summed E-state index contributed by atoms with van der Waals surface area (Å²) in [7, 11) is 1.39. The Morgan fingerprint density at radius 2 is 1.93 bits per heavy atom. The van der Waals surface area contributed by atoms with Crippen LogP contribution in [0.2, 0.25) is 0 Å². The molecule has 1 aliphatic rings. The van der Waals surface area contributed by atoms with Crippen LogP contribution in [0, 0.1) is 11.3 Å². The van der Waals surface area contributed by atoms with E-state index in [1.807, 2.05) is 6.92 Å². The molecule has 0 aromatic rings. The molecule has 0 atom stereocenters. The van der Waals surface area contributed by atoms with Crippen LogP contribution in [0.15, 0.2) is 0 Å². The molecule has 0 bridgehead atoms. The van der Waals surface area contributed by atoms with Crippen molar-refractivity contribution >= 4 is 5.97 Å². The highest BCUT2D eigenvalue weighted by molar-refractivity contribution is 5.76. The Morgan fingerprint density at radius 1 is 1.43 bits per heavy atom. The molecule has 0 amide bonds. The van der Waals surface area contributed by atoms with Gasteiger partial charge in [-0.1, -0.05) is 0 Å². The van der Waals surface area contributed by atoms with Gasteiger partial charge in [0.1, 0.15) is 0 Å². The average Bonchev–Trinajstić information content (AvgIpc) is 2.17. The minimum atomic E-state index is -1.25. The SMILES string of the molecule is COC(=O)[C@]1(C)CC[C@H](C(O)O)CC1. The summed E-state index contributed by atoms with van der Waals surface area (Å²) in [5.41, 5.74) is -0.430. The van der Waals surface area contributed by atoms with E-state index in [4.69, 9.17) is 14.9 Å². The number of aliphatic hydroxyl groups excluding tert-OH is 1. The summed E-state index contributed by atoms with van der Waals surface area (Å²) in [6.07, 6.45) is 1.42. The van der Waals surface area contributed by atoms with Crippen molar-refractivity contribution in [2.45, 2.75) is 38.9 Å². The molecule has 1 fully saturated rings. The third kappa shape index (κ3) is 2.25. The molecule has 0 spiro atoms. The zero-order valence-electron chi connectivity index (χ0n) is 8.69. The molecule has 0 aromatic carbocycles. The number of hydrogen-bond acceptors (Lipinski definition) is 4. The van der Waals surface area contributed by atoms with Crippen molar-refractivity contribution in [2.24, 2.45) is 11.3 Å². The van der Waals surface area contributed by atoms with Gasteiger partial charge >= 0.3 is 5.97 Å². The van der Waals surface area contributed by atoms with Gasteiger partial charge in [0.25, 0.3) is 0 Å². The number of methoxy groups -OCH3 is 1. The van der Waals surface area contributed by atoms with Gasteiger partial charge in [0, 0.05) is 5.92 Å². The molecule has 0 radical (unpaired) electrons. The Bertz CT molecular complexity index is 204. The van der Waals surface area contributed by atoms with Crippen LogP contribution in [0.5, 0.6) is 0 Å². The molecule has 0 aromatic heterocycles. The highest BCUT2D eigenvalue weighted by Crippen LogP contribution is 2.40. The molecule has 0 unspecified atom stereocenters. The molecular weight excluding hydrogens is 184 g/mol. The van der Waals surface area contributed by atoms with Gasteiger partial charge in [0.05, 0.1) is 12.5 Å². The van der Waals surface area contributed by atoms with Gasteiger partial charge < -0.3 is 14.9 Å². The van der Waals surface area contributed by atoms with Crippen LogP contribution in [0.3, 0.4) is 0 Å². The first-order valence-electron chi connectivity index (χ1n) is 4.94. The minimum absolute atomic E-state index is 0.0901. The third-order valence-corrected chi connectivity index (χ3v) is 3.23. The molecule has 0 saturated heterocycles. The zero-order chi connectivity index (χ0) is 10.8. The fourth-order valence-electron chi connectivity index (χ4n) is 2.03. The molecule has 0 heterocycles. The van der Waals surface area contributed by atoms with Crippen molar-refractivity contribution in [3.63, 3.8) is 0 Å². The molecule has 1 aliphatic carbocycles. The lowest BCUT2D eigenvalue weighted by Gasteiger charge is -2.35. The van der Waals surface area contributed by atoms with E-state index in [1.54, 1.807) is 0 Å². The molecule has 1 rings (SSSR count). The fourth-order valence-corrected chi connectivity index (χ4v) is 2.03. The second-order valence-corrected chi connectivity index (χ2v) is 4.30. The van der Waals surface area contributed by atoms with E-state index in [1.165, 1.54) is 7.11 Å². The van der Waals surface area contributed by atoms with Crippen LogP contribution in [0.4, 0.5) is 0 Å². The second-order valence-electron chi connectivity index (χ2n) is 4.30. The summed E-state index contributed by atoms with van der Waals surface area (Å²) >= 11 is 0. The maximum absolute atomic E-state index is 11.4. The highest BCUT2D eigenvalue weighted by Gasteiger charge is 2.39. The van der Waals surface area contributed by atoms with Crippen molar-refractivity contribution < 1.29 is 19.7 Å². The van der Waals surface area contributed by atoms with Gasteiger partial charge in [-0.3, -0.25) is 4.79 Å². The quantitative estimate of drug-likeness (QED) is 0.510. The number of rotatable bonds is 2. The van der Waals surface area contributed by atoms with Gasteiger partial charge in [-0.05, 0) is 32.6 Å². The van der Waals surface area contributed by atoms with Crippen LogP contribution in [-0.2, 0) is 9.53 Å². The Balaban J connectivity index is 2.53. The van der Waals surface area contributed by atoms with Crippen molar-refractivity contribution in [1.82, 2.24) is 0 Å². The van der Waals surface area contributed by atoms with Crippen molar-refractivity contribution in [3.05, 3.63) is 0 Å². The number of ether oxygens (including phenoxy) is 1. The lowest BCUT2D eigenvalue weighted by Crippen LogP contribution is -2.36. The fraction of sp³-hybridized carbons (Fsp3) is 0.900. The van der Waals surface area contributed by atoms with E-state index in [0.717, 1.165) is 0 Å². The smallest absolute Gasteiger partial charge is 0.311 e. The first kappa shape index (κ1) is 11.5. The van der Waals surface area contributed by atoms with Crippen LogP contribution in [-0.4, -0.2) is 29.6 Å². The Kier molecular flexibility index (Phi) is 3.50. The van der Waals surface area contributed by atoms with Crippen molar-refractivity contribution in [1.29, 1.82) is 0 Å². The zero-order valence-corrected chi connectivity index (χ0v) is 8.69. The summed E-state index contributed by atoms with van der Waals surface area (Å²) in [6.45, 7) is 1.87. The first-order chi connectivity index (χ1) is 6.49. The maximum atomic E-state index is 11.4. The van der Waals surface area contributed by atoms with Crippen molar-refractivity contribution in [3.8, 4) is 0 Å². The van der Waals surface area contributed by atoms with E-state index in [-0.39, 0.29) is 11.9 Å². The van der Waals surface area contributed by atoms with E-state index in [0.29, 0.717) is 25.7 Å². The van der Waals surface area contributed by atoms with Crippen LogP contribution >= 0.6 is 0 Å². The lowest BCUT2D eigenvalue weighted by atomic mass is 9.71. The molecule has 2 N–H and O–H groups in total. The van der Waals surface area contributed by atoms with E-state index in [9.17, 15) is 4.79 Å². The summed E-state index contributed by atoms with van der Waals surface area (Å²) < 4.78 is 4.72. The highest BCUT2D eigenvalue weighted by atomic mass is 16.5. The number of carbonyl (C=O) groups excluding carboxylic acids is 1. The topological polar surface area (TPSA) is 66.8 Å². The van der Waals surface area contributed by atoms with E-state index >= 15 is 0 Å². The average molecular weight is 202 g/mol. The predicted octanol–water partition coefficient (Wildman–Crippen LogP) is 0.667. The van der Waals surface area contributed by atoms with Gasteiger partial charge in [0.15, 0.2) is 6.29 Å². The van der Waals surface area contributed by atoms with E-state index < -0.39 is 11.7 Å². The van der Waals surface area contributed by atoms with Gasteiger partial charge in [-0.25, -0.2) is 0 Å². The summed E-state index contributed by atoms with van der Waals surface area (Å²) in [5, 5.41) is 18.0. The number of aliphatic hydroxyl groups is 2. The van der Waals surface area contributed by atoms with Crippen molar-refractivity contribution in [2.75, 3.05) is 7.11 Å². The molecular formula is C10H18O4. The normalized spacial score (nSPS) is 33.1. The van der Waals surface area contributed by atoms with E-state index in [2.05, 4.69) is 0 Å². The largest absolute Gasteiger partial charge is 0.469 e. The standard InChI is InChI=1S/C10H18O4/c1-10(9(13)14-2)5-3-7(4-6-10)8(11)12/h7-8,11-12H,3-6H2,1-2H3/t7-,10+. The molecule has 82 valence electrons. The Hall–Kier alpha value is -0.610. The first-order valence-corrected chi connectivity index (χ1v) is 4.94. The van der Waals surface area contributed by atoms with Gasteiger partial charge in [-0.15, -0.1) is 0 Å². The predicted molar refractivity (Wildman–Crippen MR) is 50.3 cm³/mol. The van der Waals surface area contributed by atoms with Crippen LogP contribution in [0.25, 0.3) is 0 Å².